The molecule has 4 heterocycles. The maximum Gasteiger partial charge on any atom is 0.274 e. The molecule has 0 spiro atoms. The van der Waals surface area contributed by atoms with Crippen LogP contribution in [0, 0.1) is 0 Å². The molecule has 1 aliphatic heterocycles. The highest BCUT2D eigenvalue weighted by Crippen LogP contribution is 2.27. The van der Waals surface area contributed by atoms with E-state index in [4.69, 9.17) is 0 Å². The molecule has 1 aliphatic rings. The minimum Gasteiger partial charge on any atom is -0.337 e. The van der Waals surface area contributed by atoms with Crippen LogP contribution >= 0.6 is 0 Å². The predicted octanol–water partition coefficient (Wildman–Crippen LogP) is 2.14. The molecule has 1 atom stereocenters. The standard InChI is InChI=1S/C19H20N6O/c26-19(17-6-2-8-22-23-17)25-10-3-5-16(14-25)18-21-9-11-24(18)13-15-4-1-7-20-12-15/h1-2,4,6-9,11-12,16H,3,5,10,13-14H2. The van der Waals surface area contributed by atoms with Gasteiger partial charge in [-0.25, -0.2) is 4.98 Å². The lowest BCUT2D eigenvalue weighted by Crippen LogP contribution is -2.40. The minimum atomic E-state index is -0.0619. The SMILES string of the molecule is O=C(c1cccnn1)N1CCCC(c2nccn2Cc2cccnc2)C1. The second kappa shape index (κ2) is 7.43. The molecule has 0 aromatic carbocycles. The van der Waals surface area contributed by atoms with Gasteiger partial charge in [-0.05, 0) is 36.6 Å². The summed E-state index contributed by atoms with van der Waals surface area (Å²) in [5, 5.41) is 7.76. The summed E-state index contributed by atoms with van der Waals surface area (Å²) < 4.78 is 2.15. The van der Waals surface area contributed by atoms with Crippen LogP contribution in [0.4, 0.5) is 0 Å². The molecule has 1 amide bonds. The van der Waals surface area contributed by atoms with Crippen LogP contribution in [0.25, 0.3) is 0 Å². The van der Waals surface area contributed by atoms with Crippen LogP contribution in [0.1, 0.15) is 40.6 Å². The summed E-state index contributed by atoms with van der Waals surface area (Å²) in [6.07, 6.45) is 11.0. The van der Waals surface area contributed by atoms with Crippen LogP contribution in [0.3, 0.4) is 0 Å². The zero-order valence-corrected chi connectivity index (χ0v) is 14.4. The third-order valence-corrected chi connectivity index (χ3v) is 4.69. The van der Waals surface area contributed by atoms with Crippen molar-refractivity contribution in [1.82, 2.24) is 29.6 Å². The molecule has 3 aromatic rings. The first kappa shape index (κ1) is 16.4. The van der Waals surface area contributed by atoms with Gasteiger partial charge in [0.25, 0.3) is 5.91 Å². The first-order valence-corrected chi connectivity index (χ1v) is 8.78. The maximum absolute atomic E-state index is 12.7. The van der Waals surface area contributed by atoms with Crippen LogP contribution in [-0.2, 0) is 6.54 Å². The van der Waals surface area contributed by atoms with E-state index >= 15 is 0 Å². The number of hydrogen-bond acceptors (Lipinski definition) is 5. The molecule has 0 aliphatic carbocycles. The number of nitrogens with zero attached hydrogens (tertiary/aromatic N) is 6. The Bertz CT molecular complexity index is 864. The predicted molar refractivity (Wildman–Crippen MR) is 95.5 cm³/mol. The lowest BCUT2D eigenvalue weighted by molar-refractivity contribution is 0.0696. The first-order chi connectivity index (χ1) is 12.8. The number of pyridine rings is 1. The van der Waals surface area contributed by atoms with E-state index in [2.05, 4.69) is 30.8 Å². The molecular weight excluding hydrogens is 328 g/mol. The van der Waals surface area contributed by atoms with E-state index in [9.17, 15) is 4.79 Å². The summed E-state index contributed by atoms with van der Waals surface area (Å²) in [6, 6.07) is 7.44. The van der Waals surface area contributed by atoms with E-state index in [0.717, 1.165) is 37.3 Å². The molecule has 1 saturated heterocycles. The number of aromatic nitrogens is 5. The Morgan fingerprint density at radius 3 is 2.92 bits per heavy atom. The van der Waals surface area contributed by atoms with Crippen molar-refractivity contribution in [3.05, 3.63) is 72.3 Å². The van der Waals surface area contributed by atoms with Crippen molar-refractivity contribution < 1.29 is 4.79 Å². The number of likely N-dealkylation sites (tertiary alicyclic amines) is 1. The summed E-state index contributed by atoms with van der Waals surface area (Å²) in [7, 11) is 0. The van der Waals surface area contributed by atoms with Gasteiger partial charge in [0.2, 0.25) is 0 Å². The molecule has 0 radical (unpaired) electrons. The van der Waals surface area contributed by atoms with Crippen LogP contribution in [0.2, 0.25) is 0 Å². The fourth-order valence-electron chi connectivity index (χ4n) is 3.45. The van der Waals surface area contributed by atoms with E-state index < -0.39 is 0 Å². The van der Waals surface area contributed by atoms with Crippen LogP contribution in [0.15, 0.2) is 55.2 Å². The summed E-state index contributed by atoms with van der Waals surface area (Å²) >= 11 is 0. The Morgan fingerprint density at radius 2 is 2.12 bits per heavy atom. The van der Waals surface area contributed by atoms with E-state index in [0.29, 0.717) is 12.2 Å². The molecule has 0 N–H and O–H groups in total. The molecule has 0 saturated carbocycles. The number of amides is 1. The van der Waals surface area contributed by atoms with Crippen molar-refractivity contribution in [2.75, 3.05) is 13.1 Å². The van der Waals surface area contributed by atoms with Crippen molar-refractivity contribution in [3.63, 3.8) is 0 Å². The normalized spacial score (nSPS) is 17.2. The van der Waals surface area contributed by atoms with E-state index in [-0.39, 0.29) is 11.8 Å². The Labute approximate surface area is 151 Å². The number of carbonyl (C=O) groups is 1. The van der Waals surface area contributed by atoms with Gasteiger partial charge in [0, 0.05) is 50.0 Å². The van der Waals surface area contributed by atoms with Gasteiger partial charge < -0.3 is 9.47 Å². The molecule has 1 fully saturated rings. The number of carbonyl (C=O) groups excluding carboxylic acids is 1. The van der Waals surface area contributed by atoms with Crippen LogP contribution in [-0.4, -0.2) is 48.6 Å². The highest BCUT2D eigenvalue weighted by Gasteiger charge is 2.28. The average molecular weight is 348 g/mol. The number of piperidine rings is 1. The van der Waals surface area contributed by atoms with Gasteiger partial charge in [0.15, 0.2) is 5.69 Å². The lowest BCUT2D eigenvalue weighted by atomic mass is 9.96. The quantitative estimate of drug-likeness (QED) is 0.722. The largest absolute Gasteiger partial charge is 0.337 e. The molecule has 0 bridgehead atoms. The van der Waals surface area contributed by atoms with Crippen molar-refractivity contribution in [1.29, 1.82) is 0 Å². The van der Waals surface area contributed by atoms with Crippen LogP contribution in [0.5, 0.6) is 0 Å². The molecule has 132 valence electrons. The topological polar surface area (TPSA) is 76.8 Å². The highest BCUT2D eigenvalue weighted by molar-refractivity contribution is 5.92. The molecule has 3 aromatic heterocycles. The van der Waals surface area contributed by atoms with E-state index in [1.165, 1.54) is 0 Å². The minimum absolute atomic E-state index is 0.0619. The van der Waals surface area contributed by atoms with E-state index in [1.54, 1.807) is 24.5 Å². The maximum atomic E-state index is 12.7. The molecule has 4 rings (SSSR count). The Kier molecular flexibility index (Phi) is 4.68. The number of rotatable bonds is 4. The zero-order chi connectivity index (χ0) is 17.8. The Balaban J connectivity index is 1.50. The molecular formula is C19H20N6O. The van der Waals surface area contributed by atoms with E-state index in [1.807, 2.05) is 29.6 Å². The lowest BCUT2D eigenvalue weighted by Gasteiger charge is -2.32. The Hall–Kier alpha value is -3.09. The monoisotopic (exact) mass is 348 g/mol. The van der Waals surface area contributed by atoms with Crippen molar-refractivity contribution in [2.24, 2.45) is 0 Å². The summed E-state index contributed by atoms with van der Waals surface area (Å²) in [6.45, 7) is 2.13. The average Bonchev–Trinajstić information content (AvgIpc) is 3.17. The smallest absolute Gasteiger partial charge is 0.274 e. The third kappa shape index (κ3) is 3.46. The van der Waals surface area contributed by atoms with Gasteiger partial charge >= 0.3 is 0 Å². The molecule has 7 heteroatoms. The Morgan fingerprint density at radius 1 is 1.19 bits per heavy atom. The number of hydrogen-bond donors (Lipinski definition) is 0. The van der Waals surface area contributed by atoms with Crippen molar-refractivity contribution in [2.45, 2.75) is 25.3 Å². The second-order valence-electron chi connectivity index (χ2n) is 6.47. The van der Waals surface area contributed by atoms with Gasteiger partial charge in [-0.15, -0.1) is 5.10 Å². The highest BCUT2D eigenvalue weighted by atomic mass is 16.2. The number of imidazole rings is 1. The zero-order valence-electron chi connectivity index (χ0n) is 14.4. The molecule has 1 unspecified atom stereocenters. The van der Waals surface area contributed by atoms with Crippen molar-refractivity contribution >= 4 is 5.91 Å². The van der Waals surface area contributed by atoms with Gasteiger partial charge in [0.05, 0.1) is 6.54 Å². The van der Waals surface area contributed by atoms with Gasteiger partial charge in [-0.3, -0.25) is 9.78 Å². The molecule has 26 heavy (non-hydrogen) atoms. The fourth-order valence-corrected chi connectivity index (χ4v) is 3.45. The van der Waals surface area contributed by atoms with Gasteiger partial charge in [-0.2, -0.15) is 5.10 Å². The summed E-state index contributed by atoms with van der Waals surface area (Å²) in [4.78, 5) is 23.3. The first-order valence-electron chi connectivity index (χ1n) is 8.78. The third-order valence-electron chi connectivity index (χ3n) is 4.69. The van der Waals surface area contributed by atoms with Crippen molar-refractivity contribution in [3.8, 4) is 0 Å². The fraction of sp³-hybridized carbons (Fsp3) is 0.316. The van der Waals surface area contributed by atoms with Gasteiger partial charge in [-0.1, -0.05) is 6.07 Å². The summed E-state index contributed by atoms with van der Waals surface area (Å²) in [5.41, 5.74) is 1.53. The van der Waals surface area contributed by atoms with Gasteiger partial charge in [0.1, 0.15) is 5.82 Å². The summed E-state index contributed by atoms with van der Waals surface area (Å²) in [5.74, 6) is 1.18. The van der Waals surface area contributed by atoms with Crippen LogP contribution < -0.4 is 0 Å². The second-order valence-corrected chi connectivity index (χ2v) is 6.47. The molecule has 7 nitrogen and oxygen atoms in total.